The number of phenolic OH excluding ortho intramolecular Hbond substituents is 1. The van der Waals surface area contributed by atoms with Gasteiger partial charge in [0.15, 0.2) is 0 Å². The highest BCUT2D eigenvalue weighted by atomic mass is 32.2. The lowest BCUT2D eigenvalue weighted by Crippen LogP contribution is -2.62. The molecule has 578 valence electrons. The Bertz CT molecular complexity index is 4180. The molecule has 32 heteroatoms. The highest BCUT2D eigenvalue weighted by Crippen LogP contribution is 2.51. The van der Waals surface area contributed by atoms with Crippen molar-refractivity contribution in [1.29, 1.82) is 0 Å². The lowest BCUT2D eigenvalue weighted by Gasteiger charge is -2.39. The number of thioether (sulfide) groups is 2. The number of phenols is 1. The number of hydrogen-bond acceptors (Lipinski definition) is 17. The van der Waals surface area contributed by atoms with Crippen LogP contribution < -0.4 is 59.3 Å². The summed E-state index contributed by atoms with van der Waals surface area (Å²) in [6.45, 7) is -0.389. The number of rotatable bonds is 15. The van der Waals surface area contributed by atoms with Gasteiger partial charge in [0.1, 0.15) is 65.7 Å². The summed E-state index contributed by atoms with van der Waals surface area (Å²) in [5, 5.41) is 46.5. The van der Waals surface area contributed by atoms with Crippen LogP contribution in [0.3, 0.4) is 0 Å². The third-order valence-corrected chi connectivity index (χ3v) is 22.4. The molecule has 1 aliphatic carbocycles. The molecule has 1 spiro atoms. The SMILES string of the molecule is NCCCC[C@@H]1NC(=O)CCSCc2cccc(c2)CSC[C@@H](C(N)=O)NC(=O)[C@@H]2CCCCN2C(=O)[C@H](Cc2ccc(O)cc2)NC(=O)[C@H](Cc2cnc[nH]2)NC(=O)[C@H](CC(=O)O)NC(=O)[C@H](CC2c3cc(F)ccc3NC23CCCCCCC3)NC(=O)[C@H](Cc2c[nH]c3ccc(F)cc23)NC(=O)CNC1=O. The van der Waals surface area contributed by atoms with Gasteiger partial charge in [0.05, 0.1) is 19.3 Å². The van der Waals surface area contributed by atoms with E-state index in [0.29, 0.717) is 95.6 Å². The summed E-state index contributed by atoms with van der Waals surface area (Å²) < 4.78 is 30.8. The second-order valence-electron chi connectivity index (χ2n) is 28.2. The van der Waals surface area contributed by atoms with Crippen LogP contribution in [0.15, 0.2) is 104 Å². The molecule has 10 rings (SSSR count). The maximum atomic E-state index is 15.7. The van der Waals surface area contributed by atoms with E-state index in [0.717, 1.165) is 43.2 Å². The summed E-state index contributed by atoms with van der Waals surface area (Å²) in [5.74, 6) is -11.0. The lowest BCUT2D eigenvalue weighted by molar-refractivity contribution is -0.146. The summed E-state index contributed by atoms with van der Waals surface area (Å²) in [7, 11) is 0. The average molecular weight is 1530 g/mol. The third kappa shape index (κ3) is 22.3. The molecule has 17 N–H and O–H groups in total. The number of aliphatic carboxylic acids is 1. The fraction of sp³-hybridized carbons (Fsp3) is 0.474. The van der Waals surface area contributed by atoms with Gasteiger partial charge in [-0.25, -0.2) is 13.8 Å². The molecule has 0 radical (unpaired) electrons. The van der Waals surface area contributed by atoms with Crippen molar-refractivity contribution in [3.05, 3.63) is 149 Å². The molecule has 4 aromatic carbocycles. The first-order valence-corrected chi connectivity index (χ1v) is 39.0. The molecule has 1 unspecified atom stereocenters. The predicted molar refractivity (Wildman–Crippen MR) is 402 cm³/mol. The molecule has 4 aliphatic rings. The number of halogens is 2. The van der Waals surface area contributed by atoms with Crippen molar-refractivity contribution >= 4 is 105 Å². The number of aromatic nitrogens is 3. The van der Waals surface area contributed by atoms with Crippen LogP contribution >= 0.6 is 23.5 Å². The average Bonchev–Trinajstić information content (AvgIpc) is 1.59. The first kappa shape index (κ1) is 80.5. The second-order valence-corrected chi connectivity index (χ2v) is 30.3. The normalized spacial score (nSPS) is 23.9. The van der Waals surface area contributed by atoms with Crippen LogP contribution in [0, 0.1) is 11.6 Å². The number of nitrogens with two attached hydrogens (primary N) is 2. The third-order valence-electron chi connectivity index (χ3n) is 20.3. The number of piperidine rings is 1. The molecule has 2 fully saturated rings. The Morgan fingerprint density at radius 3 is 2.04 bits per heavy atom. The summed E-state index contributed by atoms with van der Waals surface area (Å²) in [6.07, 6.45) is 9.24. The van der Waals surface area contributed by atoms with Gasteiger partial charge in [0.2, 0.25) is 59.1 Å². The van der Waals surface area contributed by atoms with E-state index in [1.807, 2.05) is 24.3 Å². The molecule has 3 aliphatic heterocycles. The van der Waals surface area contributed by atoms with Gasteiger partial charge in [0.25, 0.3) is 0 Å². The minimum atomic E-state index is -2.03. The van der Waals surface area contributed by atoms with Crippen LogP contribution in [-0.2, 0) is 83.5 Å². The van der Waals surface area contributed by atoms with Gasteiger partial charge in [0, 0.05) is 101 Å². The number of hydrogen-bond donors (Lipinski definition) is 15. The van der Waals surface area contributed by atoms with Crippen LogP contribution in [0.1, 0.15) is 142 Å². The molecule has 1 saturated heterocycles. The minimum absolute atomic E-state index is 0.0149. The first-order valence-electron chi connectivity index (χ1n) is 36.7. The fourth-order valence-electron chi connectivity index (χ4n) is 14.7. The van der Waals surface area contributed by atoms with Crippen LogP contribution in [-0.4, -0.2) is 180 Å². The number of imidazole rings is 1. The number of fused-ring (bicyclic) bond motifs is 5. The van der Waals surface area contributed by atoms with Crippen LogP contribution in [0.25, 0.3) is 10.9 Å². The van der Waals surface area contributed by atoms with E-state index in [-0.39, 0.29) is 68.7 Å². The maximum Gasteiger partial charge on any atom is 0.305 e. The van der Waals surface area contributed by atoms with Gasteiger partial charge in [-0.15, -0.1) is 0 Å². The molecule has 108 heavy (non-hydrogen) atoms. The smallest absolute Gasteiger partial charge is 0.305 e. The van der Waals surface area contributed by atoms with E-state index in [2.05, 4.69) is 62.8 Å². The van der Waals surface area contributed by atoms with Gasteiger partial charge >= 0.3 is 5.97 Å². The lowest BCUT2D eigenvalue weighted by atomic mass is 9.72. The molecule has 2 bridgehead atoms. The number of carbonyl (C=O) groups is 11. The second kappa shape index (κ2) is 38.6. The van der Waals surface area contributed by atoms with Crippen molar-refractivity contribution in [2.75, 3.05) is 36.5 Å². The number of nitrogens with one attached hydrogen (secondary N) is 11. The zero-order chi connectivity index (χ0) is 76.9. The molecule has 28 nitrogen and oxygen atoms in total. The van der Waals surface area contributed by atoms with E-state index in [1.165, 1.54) is 102 Å². The molecule has 1 saturated carbocycles. The Morgan fingerprint density at radius 2 is 1.31 bits per heavy atom. The molecule has 10 amide bonds. The van der Waals surface area contributed by atoms with Crippen molar-refractivity contribution in [2.45, 2.75) is 193 Å². The maximum absolute atomic E-state index is 15.7. The number of carboxylic acid groups (broad SMARTS) is 1. The Balaban J connectivity index is 1.01. The topological polar surface area (TPSA) is 436 Å². The molecular weight excluding hydrogens is 1430 g/mol. The number of primary amides is 1. The Kier molecular flexibility index (Phi) is 28.8. The van der Waals surface area contributed by atoms with E-state index in [1.54, 1.807) is 6.07 Å². The predicted octanol–water partition coefficient (Wildman–Crippen LogP) is 4.54. The molecule has 9 atom stereocenters. The Labute approximate surface area is 631 Å². The van der Waals surface area contributed by atoms with Crippen molar-refractivity contribution in [3.8, 4) is 5.75 Å². The number of amides is 10. The fourth-order valence-corrected chi connectivity index (χ4v) is 16.6. The van der Waals surface area contributed by atoms with E-state index in [9.17, 15) is 39.0 Å². The van der Waals surface area contributed by atoms with Crippen molar-refractivity contribution in [2.24, 2.45) is 11.5 Å². The number of nitrogens with zero attached hydrogens (tertiary/aromatic N) is 2. The first-order chi connectivity index (χ1) is 52.0. The largest absolute Gasteiger partial charge is 0.508 e. The Morgan fingerprint density at radius 1 is 0.648 bits per heavy atom. The monoisotopic (exact) mass is 1530 g/mol. The highest BCUT2D eigenvalue weighted by molar-refractivity contribution is 7.98. The molecular formula is C76H95F2N15O13S2. The van der Waals surface area contributed by atoms with Gasteiger partial charge in [-0.1, -0.05) is 68.5 Å². The number of aromatic amines is 2. The van der Waals surface area contributed by atoms with Gasteiger partial charge in [-0.3, -0.25) is 52.7 Å². The number of unbranched alkanes of at least 4 members (excludes halogenated alkanes) is 1. The summed E-state index contributed by atoms with van der Waals surface area (Å²) in [4.78, 5) is 171. The highest BCUT2D eigenvalue weighted by Gasteiger charge is 2.48. The van der Waals surface area contributed by atoms with Gasteiger partial charge in [-0.2, -0.15) is 23.5 Å². The quantitative estimate of drug-likeness (QED) is 0.0628. The standard InChI is InChI=1S/C76H95F2N15O13S2/c77-48-17-21-55-52(32-48)47(37-82-55)31-58-70(101)88-60(35-54-53-33-49(78)18-22-56(53)92-76(54)24-6-2-1-3-7-25-76)72(103)89-61(36-67(97)98)73(104)87-59(34-50-38-81-43-84-50)71(102)90-62(30-44-15-19-51(94)20-16-44)75(106)93-27-9-5-14-64(93)74(105)91-63(68(80)99)42-108-41-46-12-10-11-45(29-46)40-107-28-23-65(95)85-57(13-4-8-26-79)69(100)83-39-66(96)86-58/h10-12,15-22,29,32-33,37-38,43,54,57-64,82,92,94H,1-9,13-14,23-28,30-31,34-36,39-42,79H2,(H2,80,99)(H,81,84)(H,83,100)(H,85,95)(H,86,96)(H,87,104)(H,88,101)(H,89,103)(H,90,102)(H,91,105)(H,97,98)/t54?,57-,58-,59-,60-,61-,62-,63-,64-/m0/s1. The number of carbonyl (C=O) groups excluding carboxylic acids is 10. The number of benzene rings is 4. The van der Waals surface area contributed by atoms with Crippen LogP contribution in [0.2, 0.25) is 0 Å². The van der Waals surface area contributed by atoms with Gasteiger partial charge < -0.3 is 84.4 Å². The summed E-state index contributed by atoms with van der Waals surface area (Å²) >= 11 is 2.81. The zero-order valence-electron chi connectivity index (χ0n) is 59.9. The molecule has 2 aromatic heterocycles. The minimum Gasteiger partial charge on any atom is -0.508 e. The summed E-state index contributed by atoms with van der Waals surface area (Å²) in [5.41, 5.74) is 15.3. The summed E-state index contributed by atoms with van der Waals surface area (Å²) in [6, 6.07) is 9.60. The van der Waals surface area contributed by atoms with Crippen molar-refractivity contribution in [1.82, 2.24) is 62.4 Å². The van der Waals surface area contributed by atoms with E-state index in [4.69, 9.17) is 11.5 Å². The Hall–Kier alpha value is -10.1. The number of anilines is 1. The van der Waals surface area contributed by atoms with Crippen molar-refractivity contribution < 1.29 is 71.7 Å². The van der Waals surface area contributed by atoms with Crippen molar-refractivity contribution in [3.63, 3.8) is 0 Å². The van der Waals surface area contributed by atoms with Gasteiger partial charge in [-0.05, 0) is 141 Å². The van der Waals surface area contributed by atoms with E-state index < -0.39 is 149 Å². The number of H-pyrrole nitrogens is 2. The molecule has 6 aromatic rings. The number of aromatic hydroxyl groups is 1. The molecule has 5 heterocycles. The van der Waals surface area contributed by atoms with Crippen LogP contribution in [0.5, 0.6) is 5.75 Å². The van der Waals surface area contributed by atoms with Crippen LogP contribution in [0.4, 0.5) is 14.5 Å². The van der Waals surface area contributed by atoms with E-state index >= 15 is 32.8 Å². The number of carboxylic acids is 1. The zero-order valence-corrected chi connectivity index (χ0v) is 61.5.